The zero-order valence-corrected chi connectivity index (χ0v) is 17.3. The summed E-state index contributed by atoms with van der Waals surface area (Å²) in [5.41, 5.74) is 2.39. The Labute approximate surface area is 170 Å². The van der Waals surface area contributed by atoms with E-state index in [1.54, 1.807) is 43.0 Å². The van der Waals surface area contributed by atoms with Crippen LogP contribution >= 0.6 is 0 Å². The smallest absolute Gasteiger partial charge is 0.271 e. The van der Waals surface area contributed by atoms with Crippen LogP contribution in [-0.4, -0.2) is 37.5 Å². The number of rotatable bonds is 8. The molecule has 0 aliphatic rings. The number of hydrogen-bond donors (Lipinski definition) is 0. The SMILES string of the molecule is CCOS(=O)(=O)Cc1cccc(-n2cc(C(C)=O)nc2-c2ccc(OC)cc2)c1. The third-order valence-corrected chi connectivity index (χ3v) is 5.53. The Kier molecular flexibility index (Phi) is 6.14. The average Bonchev–Trinajstić information content (AvgIpc) is 3.13. The maximum atomic E-state index is 12.0. The van der Waals surface area contributed by atoms with Gasteiger partial charge in [-0.3, -0.25) is 13.5 Å². The van der Waals surface area contributed by atoms with E-state index in [9.17, 15) is 13.2 Å². The molecule has 2 aromatic carbocycles. The molecule has 0 N–H and O–H groups in total. The summed E-state index contributed by atoms with van der Waals surface area (Å²) in [6.45, 7) is 3.17. The van der Waals surface area contributed by atoms with Crippen LogP contribution in [0.25, 0.3) is 17.1 Å². The lowest BCUT2D eigenvalue weighted by molar-refractivity contribution is 0.101. The van der Waals surface area contributed by atoms with Gasteiger partial charge in [0.2, 0.25) is 0 Å². The van der Waals surface area contributed by atoms with Crippen molar-refractivity contribution >= 4 is 15.9 Å². The van der Waals surface area contributed by atoms with Gasteiger partial charge >= 0.3 is 0 Å². The minimum absolute atomic E-state index is 0.0904. The van der Waals surface area contributed by atoms with Crippen molar-refractivity contribution in [2.75, 3.05) is 13.7 Å². The largest absolute Gasteiger partial charge is 0.497 e. The molecule has 0 spiro atoms. The van der Waals surface area contributed by atoms with E-state index in [1.807, 2.05) is 30.3 Å². The van der Waals surface area contributed by atoms with Crippen LogP contribution in [0.4, 0.5) is 0 Å². The van der Waals surface area contributed by atoms with Crippen molar-refractivity contribution in [1.29, 1.82) is 0 Å². The van der Waals surface area contributed by atoms with Crippen LogP contribution in [0, 0.1) is 0 Å². The molecule has 0 atom stereocenters. The van der Waals surface area contributed by atoms with Gasteiger partial charge in [0.05, 0.1) is 13.7 Å². The number of methoxy groups -OCH3 is 1. The van der Waals surface area contributed by atoms with Gasteiger partial charge in [-0.2, -0.15) is 8.42 Å². The van der Waals surface area contributed by atoms with Gasteiger partial charge in [-0.15, -0.1) is 0 Å². The van der Waals surface area contributed by atoms with Gasteiger partial charge < -0.3 is 4.74 Å². The van der Waals surface area contributed by atoms with E-state index < -0.39 is 10.1 Å². The maximum Gasteiger partial charge on any atom is 0.271 e. The lowest BCUT2D eigenvalue weighted by Gasteiger charge is -2.10. The monoisotopic (exact) mass is 414 g/mol. The molecule has 3 aromatic rings. The number of ether oxygens (including phenoxy) is 1. The van der Waals surface area contributed by atoms with Gasteiger partial charge in [0, 0.05) is 24.4 Å². The number of nitrogens with zero attached hydrogens (tertiary/aromatic N) is 2. The topological polar surface area (TPSA) is 87.5 Å². The van der Waals surface area contributed by atoms with Crippen LogP contribution in [0.1, 0.15) is 29.9 Å². The standard InChI is InChI=1S/C21H22N2O5S/c1-4-28-29(25,26)14-16-6-5-7-18(12-16)23-13-20(15(2)24)22-21(23)17-8-10-19(27-3)11-9-17/h5-13H,4,14H2,1-3H3. The van der Waals surface area contributed by atoms with Crippen LogP contribution in [-0.2, 0) is 20.1 Å². The molecule has 0 bridgehead atoms. The summed E-state index contributed by atoms with van der Waals surface area (Å²) in [7, 11) is -2.07. The summed E-state index contributed by atoms with van der Waals surface area (Å²) >= 11 is 0. The third kappa shape index (κ3) is 4.90. The molecule has 0 fully saturated rings. The highest BCUT2D eigenvalue weighted by atomic mass is 32.2. The quantitative estimate of drug-likeness (QED) is 0.413. The van der Waals surface area contributed by atoms with Crippen molar-refractivity contribution in [2.24, 2.45) is 0 Å². The number of Topliss-reactive ketones (excluding diaryl/α,β-unsaturated/α-hetero) is 1. The van der Waals surface area contributed by atoms with Crippen LogP contribution in [0.5, 0.6) is 5.75 Å². The van der Waals surface area contributed by atoms with Crippen LogP contribution in [0.15, 0.2) is 54.7 Å². The van der Waals surface area contributed by atoms with E-state index in [2.05, 4.69) is 4.98 Å². The number of carbonyl (C=O) groups is 1. The van der Waals surface area contributed by atoms with E-state index in [1.165, 1.54) is 6.92 Å². The van der Waals surface area contributed by atoms with Crippen LogP contribution in [0.2, 0.25) is 0 Å². The molecule has 7 nitrogen and oxygen atoms in total. The molecule has 0 aliphatic heterocycles. The van der Waals surface area contributed by atoms with Crippen molar-refractivity contribution in [3.8, 4) is 22.8 Å². The average molecular weight is 414 g/mol. The molecule has 0 radical (unpaired) electrons. The zero-order chi connectivity index (χ0) is 21.0. The molecular formula is C21H22N2O5S. The van der Waals surface area contributed by atoms with Crippen molar-refractivity contribution in [3.05, 3.63) is 66.0 Å². The predicted molar refractivity (Wildman–Crippen MR) is 110 cm³/mol. The first-order valence-corrected chi connectivity index (χ1v) is 10.6. The summed E-state index contributed by atoms with van der Waals surface area (Å²) in [6.07, 6.45) is 1.65. The minimum atomic E-state index is -3.65. The zero-order valence-electron chi connectivity index (χ0n) is 16.5. The highest BCUT2D eigenvalue weighted by Crippen LogP contribution is 2.26. The number of imidazole rings is 1. The molecule has 3 rings (SSSR count). The first-order chi connectivity index (χ1) is 13.8. The second-order valence-corrected chi connectivity index (χ2v) is 8.02. The van der Waals surface area contributed by atoms with Crippen molar-refractivity contribution in [1.82, 2.24) is 9.55 Å². The Balaban J connectivity index is 2.06. The fourth-order valence-electron chi connectivity index (χ4n) is 2.91. The fourth-order valence-corrected chi connectivity index (χ4v) is 3.94. The second-order valence-electron chi connectivity index (χ2n) is 6.38. The lowest BCUT2D eigenvalue weighted by Crippen LogP contribution is -2.09. The minimum Gasteiger partial charge on any atom is -0.497 e. The van der Waals surface area contributed by atoms with Gasteiger partial charge in [0.25, 0.3) is 10.1 Å². The summed E-state index contributed by atoms with van der Waals surface area (Å²) in [6, 6.07) is 14.4. The predicted octanol–water partition coefficient (Wildman–Crippen LogP) is 3.62. The molecule has 0 amide bonds. The van der Waals surface area contributed by atoms with E-state index in [4.69, 9.17) is 8.92 Å². The number of ketones is 1. The van der Waals surface area contributed by atoms with Gasteiger partial charge in [0.1, 0.15) is 23.0 Å². The van der Waals surface area contributed by atoms with Crippen molar-refractivity contribution in [3.63, 3.8) is 0 Å². The summed E-state index contributed by atoms with van der Waals surface area (Å²) in [5, 5.41) is 0. The van der Waals surface area contributed by atoms with Crippen molar-refractivity contribution in [2.45, 2.75) is 19.6 Å². The Morgan fingerprint density at radius 2 is 1.86 bits per heavy atom. The molecule has 8 heteroatoms. The van der Waals surface area contributed by atoms with E-state index in [0.29, 0.717) is 28.5 Å². The van der Waals surface area contributed by atoms with Gasteiger partial charge in [0.15, 0.2) is 5.78 Å². The summed E-state index contributed by atoms with van der Waals surface area (Å²) < 4.78 is 35.8. The molecule has 0 aliphatic carbocycles. The number of hydrogen-bond acceptors (Lipinski definition) is 6. The molecule has 1 heterocycles. The maximum absolute atomic E-state index is 12.0. The molecular weight excluding hydrogens is 392 g/mol. The highest BCUT2D eigenvalue weighted by molar-refractivity contribution is 7.85. The Hall–Kier alpha value is -2.97. The number of carbonyl (C=O) groups excluding carboxylic acids is 1. The summed E-state index contributed by atoms with van der Waals surface area (Å²) in [4.78, 5) is 16.4. The van der Waals surface area contributed by atoms with E-state index in [0.717, 1.165) is 5.56 Å². The summed E-state index contributed by atoms with van der Waals surface area (Å²) in [5.74, 6) is 0.888. The van der Waals surface area contributed by atoms with Gasteiger partial charge in [-0.1, -0.05) is 12.1 Å². The first-order valence-electron chi connectivity index (χ1n) is 9.04. The number of aromatic nitrogens is 2. The molecule has 0 saturated heterocycles. The van der Waals surface area contributed by atoms with E-state index in [-0.39, 0.29) is 18.1 Å². The van der Waals surface area contributed by atoms with E-state index >= 15 is 0 Å². The highest BCUT2D eigenvalue weighted by Gasteiger charge is 2.16. The second kappa shape index (κ2) is 8.59. The molecule has 1 aromatic heterocycles. The van der Waals surface area contributed by atoms with Crippen LogP contribution < -0.4 is 4.74 Å². The van der Waals surface area contributed by atoms with Crippen molar-refractivity contribution < 1.29 is 22.1 Å². The first kappa shape index (κ1) is 20.8. The Morgan fingerprint density at radius 3 is 2.48 bits per heavy atom. The Bertz CT molecular complexity index is 1120. The lowest BCUT2D eigenvalue weighted by atomic mass is 10.2. The normalized spacial score (nSPS) is 11.4. The molecule has 0 saturated carbocycles. The third-order valence-electron chi connectivity index (χ3n) is 4.24. The molecule has 152 valence electrons. The fraction of sp³-hybridized carbons (Fsp3) is 0.238. The number of benzene rings is 2. The molecule has 0 unspecified atom stereocenters. The Morgan fingerprint density at radius 1 is 1.14 bits per heavy atom. The van der Waals surface area contributed by atoms with Gasteiger partial charge in [-0.25, -0.2) is 4.98 Å². The molecule has 29 heavy (non-hydrogen) atoms. The van der Waals surface area contributed by atoms with Gasteiger partial charge in [-0.05, 0) is 48.9 Å². The van der Waals surface area contributed by atoms with Crippen LogP contribution in [0.3, 0.4) is 0 Å².